The van der Waals surface area contributed by atoms with Crippen molar-refractivity contribution in [3.8, 4) is 0 Å². The molecule has 0 aromatic heterocycles. The Kier molecular flexibility index (Phi) is 6.55. The normalized spacial score (nSPS) is 12.8. The third-order valence-corrected chi connectivity index (χ3v) is 3.02. The van der Waals surface area contributed by atoms with Gasteiger partial charge in [0, 0.05) is 12.8 Å². The van der Waals surface area contributed by atoms with Gasteiger partial charge in [0.2, 0.25) is 0 Å². The highest BCUT2D eigenvalue weighted by Gasteiger charge is 2.16. The summed E-state index contributed by atoms with van der Waals surface area (Å²) in [5.74, 6) is -1.11. The van der Waals surface area contributed by atoms with Gasteiger partial charge in [-0.3, -0.25) is 0 Å². The summed E-state index contributed by atoms with van der Waals surface area (Å²) in [6.07, 6.45) is 1.70. The van der Waals surface area contributed by atoms with Gasteiger partial charge in [0.05, 0.1) is 5.75 Å². The van der Waals surface area contributed by atoms with E-state index in [0.29, 0.717) is 6.42 Å². The molecule has 7 nitrogen and oxygen atoms in total. The van der Waals surface area contributed by atoms with Crippen molar-refractivity contribution in [3.05, 3.63) is 0 Å². The standard InChI is InChI=1S/C9H18N2O5S/c1-3-7(8(12)13)11-9(14)10-5-4-6-17(2,15)16/h7H,3-6H2,1-2H3,(H,12,13)(H2,10,11,14)/t7-/m1/s1. The van der Waals surface area contributed by atoms with Crippen LogP contribution in [0.25, 0.3) is 0 Å². The minimum atomic E-state index is -3.03. The zero-order chi connectivity index (χ0) is 13.5. The van der Waals surface area contributed by atoms with Crippen LogP contribution in [-0.4, -0.2) is 50.1 Å². The van der Waals surface area contributed by atoms with E-state index in [4.69, 9.17) is 5.11 Å². The summed E-state index contributed by atoms with van der Waals surface area (Å²) in [4.78, 5) is 21.8. The largest absolute Gasteiger partial charge is 0.480 e. The molecule has 0 aliphatic carbocycles. The maximum atomic E-state index is 11.2. The fourth-order valence-corrected chi connectivity index (χ4v) is 1.75. The summed E-state index contributed by atoms with van der Waals surface area (Å²) in [5.41, 5.74) is 0. The lowest BCUT2D eigenvalue weighted by atomic mass is 10.2. The van der Waals surface area contributed by atoms with E-state index in [2.05, 4.69) is 10.6 Å². The molecule has 0 aliphatic rings. The number of hydrogen-bond acceptors (Lipinski definition) is 4. The maximum absolute atomic E-state index is 11.2. The van der Waals surface area contributed by atoms with E-state index in [1.807, 2.05) is 0 Å². The Morgan fingerprint density at radius 1 is 1.35 bits per heavy atom. The summed E-state index contributed by atoms with van der Waals surface area (Å²) in [6, 6.07) is -1.53. The van der Waals surface area contributed by atoms with Crippen LogP contribution in [0.5, 0.6) is 0 Å². The second kappa shape index (κ2) is 7.10. The van der Waals surface area contributed by atoms with E-state index < -0.39 is 27.9 Å². The van der Waals surface area contributed by atoms with E-state index in [1.54, 1.807) is 6.92 Å². The quantitative estimate of drug-likeness (QED) is 0.542. The lowest BCUT2D eigenvalue weighted by Crippen LogP contribution is -2.46. The average Bonchev–Trinajstić information content (AvgIpc) is 2.19. The van der Waals surface area contributed by atoms with Crippen molar-refractivity contribution in [3.63, 3.8) is 0 Å². The first kappa shape index (κ1) is 15.7. The molecule has 0 spiro atoms. The molecule has 0 aliphatic heterocycles. The molecule has 0 fully saturated rings. The van der Waals surface area contributed by atoms with Gasteiger partial charge in [-0.2, -0.15) is 0 Å². The van der Waals surface area contributed by atoms with Crippen LogP contribution in [0.15, 0.2) is 0 Å². The number of amides is 2. The molecule has 8 heteroatoms. The fourth-order valence-electron chi connectivity index (χ4n) is 1.08. The number of urea groups is 1. The fraction of sp³-hybridized carbons (Fsp3) is 0.778. The number of nitrogens with one attached hydrogen (secondary N) is 2. The summed E-state index contributed by atoms with van der Waals surface area (Å²) >= 11 is 0. The Morgan fingerprint density at radius 2 is 1.94 bits per heavy atom. The number of rotatable bonds is 7. The SMILES string of the molecule is CC[C@@H](NC(=O)NCCCS(C)(=O)=O)C(=O)O. The molecule has 2 amide bonds. The number of carboxylic acids is 1. The van der Waals surface area contributed by atoms with Gasteiger partial charge in [0.1, 0.15) is 15.9 Å². The Bertz CT molecular complexity index is 366. The number of sulfone groups is 1. The topological polar surface area (TPSA) is 113 Å². The van der Waals surface area contributed by atoms with Gasteiger partial charge in [-0.1, -0.05) is 6.92 Å². The van der Waals surface area contributed by atoms with Crippen LogP contribution < -0.4 is 10.6 Å². The molecule has 0 aromatic rings. The molecule has 0 heterocycles. The van der Waals surface area contributed by atoms with Crippen molar-refractivity contribution in [2.24, 2.45) is 0 Å². The molecular formula is C9H18N2O5S. The number of carbonyl (C=O) groups is 2. The lowest BCUT2D eigenvalue weighted by molar-refractivity contribution is -0.139. The van der Waals surface area contributed by atoms with Gasteiger partial charge in [-0.15, -0.1) is 0 Å². The highest BCUT2D eigenvalue weighted by atomic mass is 32.2. The monoisotopic (exact) mass is 266 g/mol. The van der Waals surface area contributed by atoms with Crippen molar-refractivity contribution in [2.45, 2.75) is 25.8 Å². The van der Waals surface area contributed by atoms with Crippen molar-refractivity contribution < 1.29 is 23.1 Å². The summed E-state index contributed by atoms with van der Waals surface area (Å²) in [5, 5.41) is 13.3. The Balaban J connectivity index is 3.84. The lowest BCUT2D eigenvalue weighted by Gasteiger charge is -2.12. The van der Waals surface area contributed by atoms with E-state index in [9.17, 15) is 18.0 Å². The molecule has 0 saturated heterocycles. The van der Waals surface area contributed by atoms with Crippen LogP contribution in [0.1, 0.15) is 19.8 Å². The van der Waals surface area contributed by atoms with Gasteiger partial charge in [0.25, 0.3) is 0 Å². The predicted octanol–water partition coefficient (Wildman–Crippen LogP) is -0.416. The van der Waals surface area contributed by atoms with Crippen molar-refractivity contribution >= 4 is 21.8 Å². The summed E-state index contributed by atoms with van der Waals surface area (Å²) in [7, 11) is -3.03. The first-order valence-electron chi connectivity index (χ1n) is 5.21. The van der Waals surface area contributed by atoms with Crippen LogP contribution >= 0.6 is 0 Å². The summed E-state index contributed by atoms with van der Waals surface area (Å²) < 4.78 is 21.6. The van der Waals surface area contributed by atoms with E-state index >= 15 is 0 Å². The smallest absolute Gasteiger partial charge is 0.326 e. The molecule has 0 unspecified atom stereocenters. The molecule has 0 radical (unpaired) electrons. The third-order valence-electron chi connectivity index (χ3n) is 1.99. The molecule has 0 saturated carbocycles. The van der Waals surface area contributed by atoms with Gasteiger partial charge < -0.3 is 15.7 Å². The van der Waals surface area contributed by atoms with Gasteiger partial charge in [-0.05, 0) is 12.8 Å². The first-order chi connectivity index (χ1) is 7.76. The van der Waals surface area contributed by atoms with Crippen LogP contribution in [0, 0.1) is 0 Å². The van der Waals surface area contributed by atoms with Crippen molar-refractivity contribution in [2.75, 3.05) is 18.6 Å². The molecular weight excluding hydrogens is 248 g/mol. The van der Waals surface area contributed by atoms with Gasteiger partial charge >= 0.3 is 12.0 Å². The Morgan fingerprint density at radius 3 is 2.35 bits per heavy atom. The molecule has 1 atom stereocenters. The second-order valence-electron chi connectivity index (χ2n) is 3.68. The summed E-state index contributed by atoms with van der Waals surface area (Å²) in [6.45, 7) is 1.83. The number of carboxylic acid groups (broad SMARTS) is 1. The molecule has 0 bridgehead atoms. The van der Waals surface area contributed by atoms with Crippen LogP contribution in [0.2, 0.25) is 0 Å². The van der Waals surface area contributed by atoms with Gasteiger partial charge in [0.15, 0.2) is 0 Å². The molecule has 0 aromatic carbocycles. The first-order valence-corrected chi connectivity index (χ1v) is 7.27. The maximum Gasteiger partial charge on any atom is 0.326 e. The number of carbonyl (C=O) groups excluding carboxylic acids is 1. The molecule has 3 N–H and O–H groups in total. The van der Waals surface area contributed by atoms with Crippen LogP contribution in [0.4, 0.5) is 4.79 Å². The average molecular weight is 266 g/mol. The third kappa shape index (κ3) is 8.49. The van der Waals surface area contributed by atoms with Gasteiger partial charge in [-0.25, -0.2) is 18.0 Å². The second-order valence-corrected chi connectivity index (χ2v) is 5.94. The Labute approximate surface area is 101 Å². The molecule has 100 valence electrons. The minimum absolute atomic E-state index is 0.0105. The van der Waals surface area contributed by atoms with Crippen LogP contribution in [0.3, 0.4) is 0 Å². The minimum Gasteiger partial charge on any atom is -0.480 e. The Hall–Kier alpha value is -1.31. The zero-order valence-electron chi connectivity index (χ0n) is 9.89. The van der Waals surface area contributed by atoms with E-state index in [0.717, 1.165) is 6.26 Å². The highest BCUT2D eigenvalue weighted by molar-refractivity contribution is 7.90. The van der Waals surface area contributed by atoms with E-state index in [1.165, 1.54) is 0 Å². The number of hydrogen-bond donors (Lipinski definition) is 3. The van der Waals surface area contributed by atoms with E-state index in [-0.39, 0.29) is 18.7 Å². The number of aliphatic carboxylic acids is 1. The molecule has 0 rings (SSSR count). The highest BCUT2D eigenvalue weighted by Crippen LogP contribution is 1.91. The van der Waals surface area contributed by atoms with Crippen molar-refractivity contribution in [1.29, 1.82) is 0 Å². The van der Waals surface area contributed by atoms with Crippen molar-refractivity contribution in [1.82, 2.24) is 10.6 Å². The van der Waals surface area contributed by atoms with Crippen LogP contribution in [-0.2, 0) is 14.6 Å². The zero-order valence-corrected chi connectivity index (χ0v) is 10.7. The molecule has 17 heavy (non-hydrogen) atoms. The predicted molar refractivity (Wildman–Crippen MR) is 62.6 cm³/mol.